The summed E-state index contributed by atoms with van der Waals surface area (Å²) in [5.41, 5.74) is 1.18. The molecule has 0 aliphatic heterocycles. The van der Waals surface area contributed by atoms with Crippen LogP contribution in [0, 0.1) is 5.92 Å². The van der Waals surface area contributed by atoms with Crippen LogP contribution in [0.25, 0.3) is 0 Å². The van der Waals surface area contributed by atoms with Crippen molar-refractivity contribution >= 4 is 32.4 Å². The van der Waals surface area contributed by atoms with Gasteiger partial charge >= 0.3 is 0 Å². The number of hydrogen-bond donors (Lipinski definition) is 0. The quantitative estimate of drug-likeness (QED) is 0.731. The minimum atomic E-state index is -0.729. The molecular formula is C12H18OS3. The first-order valence-electron chi connectivity index (χ1n) is 5.26. The highest BCUT2D eigenvalue weighted by Gasteiger charge is 2.05. The van der Waals surface area contributed by atoms with Crippen LogP contribution in [0.3, 0.4) is 0 Å². The maximum atomic E-state index is 11.8. The highest BCUT2D eigenvalue weighted by Crippen LogP contribution is 2.29. The highest BCUT2D eigenvalue weighted by atomic mass is 33.1. The molecule has 1 aromatic carbocycles. The Morgan fingerprint density at radius 3 is 2.75 bits per heavy atom. The minimum absolute atomic E-state index is 0.504. The van der Waals surface area contributed by atoms with Gasteiger partial charge in [-0.3, -0.25) is 4.21 Å². The maximum absolute atomic E-state index is 11.8. The molecule has 1 atom stereocenters. The molecule has 0 saturated carbocycles. The maximum Gasteiger partial charge on any atom is 0.0486 e. The summed E-state index contributed by atoms with van der Waals surface area (Å²) in [5.74, 6) is 1.98. The molecule has 0 saturated heterocycles. The summed E-state index contributed by atoms with van der Waals surface area (Å²) in [6.07, 6.45) is 2.06. The van der Waals surface area contributed by atoms with Gasteiger partial charge in [0.1, 0.15) is 0 Å². The van der Waals surface area contributed by atoms with Gasteiger partial charge in [0.2, 0.25) is 0 Å². The van der Waals surface area contributed by atoms with Gasteiger partial charge in [0.15, 0.2) is 0 Å². The SMILES string of the molecule is CSSc1cccc(CS(=O)CC(C)C)c1. The Balaban J connectivity index is 2.59. The molecule has 16 heavy (non-hydrogen) atoms. The fourth-order valence-electron chi connectivity index (χ4n) is 1.40. The van der Waals surface area contributed by atoms with Crippen molar-refractivity contribution in [2.24, 2.45) is 5.92 Å². The van der Waals surface area contributed by atoms with E-state index in [2.05, 4.69) is 38.3 Å². The molecule has 0 fully saturated rings. The van der Waals surface area contributed by atoms with Gasteiger partial charge in [-0.25, -0.2) is 0 Å². The van der Waals surface area contributed by atoms with E-state index in [9.17, 15) is 4.21 Å². The zero-order chi connectivity index (χ0) is 12.0. The van der Waals surface area contributed by atoms with E-state index in [-0.39, 0.29) is 0 Å². The van der Waals surface area contributed by atoms with Gasteiger partial charge in [0.05, 0.1) is 0 Å². The molecule has 4 heteroatoms. The van der Waals surface area contributed by atoms with E-state index in [1.165, 1.54) is 10.5 Å². The Kier molecular flexibility index (Phi) is 6.54. The zero-order valence-electron chi connectivity index (χ0n) is 9.93. The Labute approximate surface area is 109 Å². The first kappa shape index (κ1) is 14.1. The molecule has 1 unspecified atom stereocenters. The number of benzene rings is 1. The molecule has 1 nitrogen and oxygen atoms in total. The minimum Gasteiger partial charge on any atom is -0.259 e. The second-order valence-electron chi connectivity index (χ2n) is 4.04. The van der Waals surface area contributed by atoms with Crippen LogP contribution >= 0.6 is 21.6 Å². The van der Waals surface area contributed by atoms with E-state index >= 15 is 0 Å². The molecule has 0 aliphatic carbocycles. The number of hydrogen-bond acceptors (Lipinski definition) is 3. The van der Waals surface area contributed by atoms with Gasteiger partial charge in [-0.05, 0) is 29.9 Å². The van der Waals surface area contributed by atoms with E-state index in [0.29, 0.717) is 11.7 Å². The van der Waals surface area contributed by atoms with Crippen molar-refractivity contribution in [3.63, 3.8) is 0 Å². The average molecular weight is 274 g/mol. The van der Waals surface area contributed by atoms with Gasteiger partial charge in [-0.15, -0.1) is 0 Å². The molecule has 90 valence electrons. The van der Waals surface area contributed by atoms with E-state index in [1.807, 2.05) is 6.07 Å². The lowest BCUT2D eigenvalue weighted by atomic mass is 10.2. The summed E-state index contributed by atoms with van der Waals surface area (Å²) in [5, 5.41) is 0. The van der Waals surface area contributed by atoms with E-state index in [0.717, 1.165) is 5.75 Å². The van der Waals surface area contributed by atoms with Crippen molar-refractivity contribution in [2.45, 2.75) is 24.5 Å². The van der Waals surface area contributed by atoms with Gasteiger partial charge in [0.25, 0.3) is 0 Å². The molecular weight excluding hydrogens is 256 g/mol. The second-order valence-corrected chi connectivity index (χ2v) is 8.02. The average Bonchev–Trinajstić information content (AvgIpc) is 2.17. The Morgan fingerprint density at radius 2 is 2.12 bits per heavy atom. The lowest BCUT2D eigenvalue weighted by Crippen LogP contribution is -2.06. The van der Waals surface area contributed by atoms with Crippen LogP contribution < -0.4 is 0 Å². The summed E-state index contributed by atoms with van der Waals surface area (Å²) in [7, 11) is 2.75. The predicted molar refractivity (Wildman–Crippen MR) is 77.4 cm³/mol. The van der Waals surface area contributed by atoms with E-state index in [1.54, 1.807) is 21.6 Å². The van der Waals surface area contributed by atoms with Crippen molar-refractivity contribution < 1.29 is 4.21 Å². The summed E-state index contributed by atoms with van der Waals surface area (Å²) in [6.45, 7) is 4.22. The van der Waals surface area contributed by atoms with Crippen LogP contribution in [0.4, 0.5) is 0 Å². The fraction of sp³-hybridized carbons (Fsp3) is 0.500. The molecule has 0 bridgehead atoms. The van der Waals surface area contributed by atoms with Crippen molar-refractivity contribution in [3.8, 4) is 0 Å². The standard InChI is InChI=1S/C12H18OS3/c1-10(2)8-16(13)9-11-5-4-6-12(7-11)15-14-3/h4-7,10H,8-9H2,1-3H3. The van der Waals surface area contributed by atoms with Crippen LogP contribution in [0.15, 0.2) is 29.2 Å². The first-order valence-corrected chi connectivity index (χ1v) is 9.31. The second kappa shape index (κ2) is 7.41. The Bertz CT molecular complexity index is 350. The Morgan fingerprint density at radius 1 is 1.38 bits per heavy atom. The normalized spacial score (nSPS) is 13.0. The largest absolute Gasteiger partial charge is 0.259 e. The molecule has 1 aromatic rings. The van der Waals surface area contributed by atoms with Crippen LogP contribution in [-0.2, 0) is 16.6 Å². The van der Waals surface area contributed by atoms with Crippen LogP contribution in [0.5, 0.6) is 0 Å². The summed E-state index contributed by atoms with van der Waals surface area (Å²) in [4.78, 5) is 1.24. The molecule has 0 radical (unpaired) electrons. The highest BCUT2D eigenvalue weighted by molar-refractivity contribution is 8.76. The smallest absolute Gasteiger partial charge is 0.0486 e. The zero-order valence-corrected chi connectivity index (χ0v) is 12.4. The topological polar surface area (TPSA) is 17.1 Å². The fourth-order valence-corrected chi connectivity index (χ4v) is 4.23. The molecule has 0 aromatic heterocycles. The third-order valence-corrected chi connectivity index (χ3v) is 5.31. The molecule has 0 amide bonds. The van der Waals surface area contributed by atoms with Gasteiger partial charge < -0.3 is 0 Å². The molecule has 0 heterocycles. The predicted octanol–water partition coefficient (Wildman–Crippen LogP) is 3.96. The van der Waals surface area contributed by atoms with Crippen molar-refractivity contribution in [3.05, 3.63) is 29.8 Å². The molecule has 0 aliphatic rings. The Hall–Kier alpha value is 0.0700. The van der Waals surface area contributed by atoms with Gasteiger partial charge in [-0.2, -0.15) is 0 Å². The first-order chi connectivity index (χ1) is 7.61. The van der Waals surface area contributed by atoms with Gasteiger partial charge in [-0.1, -0.05) is 47.6 Å². The van der Waals surface area contributed by atoms with Gasteiger partial charge in [0, 0.05) is 27.2 Å². The molecule has 0 N–H and O–H groups in total. The van der Waals surface area contributed by atoms with E-state index < -0.39 is 10.8 Å². The van der Waals surface area contributed by atoms with Crippen LogP contribution in [-0.4, -0.2) is 16.2 Å². The monoisotopic (exact) mass is 274 g/mol. The lowest BCUT2D eigenvalue weighted by Gasteiger charge is -2.06. The third kappa shape index (κ3) is 5.41. The van der Waals surface area contributed by atoms with E-state index in [4.69, 9.17) is 0 Å². The summed E-state index contributed by atoms with van der Waals surface area (Å²) < 4.78 is 11.8. The van der Waals surface area contributed by atoms with Crippen molar-refractivity contribution in [2.75, 3.05) is 12.0 Å². The van der Waals surface area contributed by atoms with Crippen molar-refractivity contribution in [1.29, 1.82) is 0 Å². The van der Waals surface area contributed by atoms with Crippen LogP contribution in [0.2, 0.25) is 0 Å². The third-order valence-electron chi connectivity index (χ3n) is 1.92. The lowest BCUT2D eigenvalue weighted by molar-refractivity contribution is 0.664. The molecule has 1 rings (SSSR count). The molecule has 0 spiro atoms. The van der Waals surface area contributed by atoms with Crippen LogP contribution in [0.1, 0.15) is 19.4 Å². The summed E-state index contributed by atoms with van der Waals surface area (Å²) in [6, 6.07) is 8.33. The van der Waals surface area contributed by atoms with Crippen molar-refractivity contribution in [1.82, 2.24) is 0 Å². The number of rotatable bonds is 6. The summed E-state index contributed by atoms with van der Waals surface area (Å²) >= 11 is 0.